The lowest BCUT2D eigenvalue weighted by Gasteiger charge is -2.35. The number of hydrogen-bond acceptors (Lipinski definition) is 4. The van der Waals surface area contributed by atoms with E-state index in [1.807, 2.05) is 47.8 Å². The van der Waals surface area contributed by atoms with Crippen LogP contribution in [0.3, 0.4) is 0 Å². The number of carbonyl (C=O) groups is 1. The zero-order chi connectivity index (χ0) is 18.8. The first-order valence-electron chi connectivity index (χ1n) is 9.70. The van der Waals surface area contributed by atoms with Crippen molar-refractivity contribution in [2.45, 2.75) is 32.9 Å². The van der Waals surface area contributed by atoms with Gasteiger partial charge in [0.1, 0.15) is 5.58 Å². The Balaban J connectivity index is 1.54. The van der Waals surface area contributed by atoms with E-state index < -0.39 is 0 Å². The summed E-state index contributed by atoms with van der Waals surface area (Å²) >= 11 is 0. The number of hydrogen-bond donors (Lipinski definition) is 0. The highest BCUT2D eigenvalue weighted by atomic mass is 16.3. The fourth-order valence-corrected chi connectivity index (χ4v) is 3.89. The molecular formula is C21H26N4O2. The van der Waals surface area contributed by atoms with E-state index in [1.165, 1.54) is 0 Å². The van der Waals surface area contributed by atoms with Crippen molar-refractivity contribution in [2.24, 2.45) is 0 Å². The van der Waals surface area contributed by atoms with Crippen LogP contribution in [0.4, 0.5) is 0 Å². The van der Waals surface area contributed by atoms with E-state index in [0.717, 1.165) is 42.7 Å². The quantitative estimate of drug-likeness (QED) is 0.669. The van der Waals surface area contributed by atoms with Crippen molar-refractivity contribution in [1.82, 2.24) is 19.4 Å². The molecule has 3 aromatic rings. The van der Waals surface area contributed by atoms with Crippen molar-refractivity contribution in [3.05, 3.63) is 54.3 Å². The lowest BCUT2D eigenvalue weighted by molar-refractivity contribution is 0.0638. The second-order valence-electron chi connectivity index (χ2n) is 7.10. The number of para-hydroxylation sites is 1. The number of aromatic nitrogens is 2. The van der Waals surface area contributed by atoms with Gasteiger partial charge in [0.15, 0.2) is 5.76 Å². The van der Waals surface area contributed by atoms with Gasteiger partial charge in [-0.25, -0.2) is 4.98 Å². The SMILES string of the molecule is CCN(CC)CC[C@H]1CN(C(=O)c2cc3ccccc3o2)Cc2cncn21. The Morgan fingerprint density at radius 3 is 2.89 bits per heavy atom. The lowest BCUT2D eigenvalue weighted by Crippen LogP contribution is -2.41. The standard InChI is InChI=1S/C21H26N4O2/c1-3-23(4-2)10-9-17-13-24(14-18-12-22-15-25(17)18)21(26)20-11-16-7-5-6-8-19(16)27-20/h5-8,11-12,15,17H,3-4,9-10,13-14H2,1-2H3/t17-/m0/s1. The molecule has 6 heteroatoms. The van der Waals surface area contributed by atoms with E-state index in [1.54, 1.807) is 0 Å². The molecule has 3 heterocycles. The van der Waals surface area contributed by atoms with Crippen LogP contribution >= 0.6 is 0 Å². The first-order valence-corrected chi connectivity index (χ1v) is 9.70. The van der Waals surface area contributed by atoms with Crippen LogP contribution in [-0.4, -0.2) is 51.4 Å². The normalized spacial score (nSPS) is 16.9. The Hall–Kier alpha value is -2.60. The zero-order valence-electron chi connectivity index (χ0n) is 16.0. The van der Waals surface area contributed by atoms with E-state index in [2.05, 4.69) is 28.3 Å². The summed E-state index contributed by atoms with van der Waals surface area (Å²) in [5, 5.41) is 0.959. The van der Waals surface area contributed by atoms with Crippen LogP contribution in [0.2, 0.25) is 0 Å². The molecule has 0 spiro atoms. The van der Waals surface area contributed by atoms with Crippen LogP contribution in [0, 0.1) is 0 Å². The summed E-state index contributed by atoms with van der Waals surface area (Å²) in [6, 6.07) is 9.81. The molecule has 142 valence electrons. The molecule has 1 atom stereocenters. The smallest absolute Gasteiger partial charge is 0.290 e. The molecule has 27 heavy (non-hydrogen) atoms. The topological polar surface area (TPSA) is 54.5 Å². The summed E-state index contributed by atoms with van der Waals surface area (Å²) in [5.74, 6) is 0.359. The lowest BCUT2D eigenvalue weighted by atomic mass is 10.1. The average molecular weight is 366 g/mol. The van der Waals surface area contributed by atoms with Gasteiger partial charge in [0.25, 0.3) is 5.91 Å². The molecule has 6 nitrogen and oxygen atoms in total. The van der Waals surface area contributed by atoms with Crippen LogP contribution in [0.1, 0.15) is 42.6 Å². The number of imidazole rings is 1. The number of carbonyl (C=O) groups excluding carboxylic acids is 1. The molecule has 2 aromatic heterocycles. The van der Waals surface area contributed by atoms with Gasteiger partial charge in [0.05, 0.1) is 24.6 Å². The van der Waals surface area contributed by atoms with E-state index in [0.29, 0.717) is 18.8 Å². The van der Waals surface area contributed by atoms with Gasteiger partial charge in [0.2, 0.25) is 0 Å². The van der Waals surface area contributed by atoms with Gasteiger partial charge in [-0.2, -0.15) is 0 Å². The third kappa shape index (κ3) is 3.49. The highest BCUT2D eigenvalue weighted by molar-refractivity contribution is 5.96. The fraction of sp³-hybridized carbons (Fsp3) is 0.429. The van der Waals surface area contributed by atoms with Gasteiger partial charge in [-0.05, 0) is 31.6 Å². The molecule has 0 N–H and O–H groups in total. The number of furan rings is 1. The van der Waals surface area contributed by atoms with E-state index in [4.69, 9.17) is 4.42 Å². The number of rotatable bonds is 6. The first-order chi connectivity index (χ1) is 13.2. The van der Waals surface area contributed by atoms with Gasteiger partial charge < -0.3 is 18.8 Å². The summed E-state index contributed by atoms with van der Waals surface area (Å²) in [6.07, 6.45) is 4.75. The van der Waals surface area contributed by atoms with Crippen molar-refractivity contribution < 1.29 is 9.21 Å². The maximum absolute atomic E-state index is 13.1. The Morgan fingerprint density at radius 1 is 1.30 bits per heavy atom. The Labute approximate surface area is 159 Å². The molecule has 0 saturated carbocycles. The molecule has 0 saturated heterocycles. The van der Waals surface area contributed by atoms with Gasteiger partial charge in [0, 0.05) is 24.7 Å². The van der Waals surface area contributed by atoms with Crippen LogP contribution < -0.4 is 0 Å². The number of nitrogens with zero attached hydrogens (tertiary/aromatic N) is 4. The molecule has 0 bridgehead atoms. The molecule has 0 aliphatic carbocycles. The molecule has 1 amide bonds. The van der Waals surface area contributed by atoms with Crippen molar-refractivity contribution in [2.75, 3.05) is 26.2 Å². The van der Waals surface area contributed by atoms with Gasteiger partial charge >= 0.3 is 0 Å². The number of benzene rings is 1. The predicted octanol–water partition coefficient (Wildman–Crippen LogP) is 3.56. The number of fused-ring (bicyclic) bond motifs is 2. The number of amides is 1. The highest BCUT2D eigenvalue weighted by Gasteiger charge is 2.30. The average Bonchev–Trinajstić information content (AvgIpc) is 3.34. The van der Waals surface area contributed by atoms with Crippen molar-refractivity contribution in [3.8, 4) is 0 Å². The van der Waals surface area contributed by atoms with E-state index in [-0.39, 0.29) is 11.9 Å². The molecular weight excluding hydrogens is 340 g/mol. The maximum Gasteiger partial charge on any atom is 0.290 e. The molecule has 1 aliphatic rings. The van der Waals surface area contributed by atoms with Gasteiger partial charge in [-0.3, -0.25) is 4.79 Å². The molecule has 0 radical (unpaired) electrons. The summed E-state index contributed by atoms with van der Waals surface area (Å²) in [7, 11) is 0. The van der Waals surface area contributed by atoms with Crippen LogP contribution in [-0.2, 0) is 6.54 Å². The minimum Gasteiger partial charge on any atom is -0.451 e. The van der Waals surface area contributed by atoms with Crippen molar-refractivity contribution in [3.63, 3.8) is 0 Å². The summed E-state index contributed by atoms with van der Waals surface area (Å²) in [5.41, 5.74) is 1.83. The molecule has 1 aromatic carbocycles. The van der Waals surface area contributed by atoms with E-state index >= 15 is 0 Å². The largest absolute Gasteiger partial charge is 0.451 e. The second-order valence-corrected chi connectivity index (χ2v) is 7.10. The Morgan fingerprint density at radius 2 is 2.11 bits per heavy atom. The Kier molecular flexibility index (Phi) is 4.99. The van der Waals surface area contributed by atoms with Crippen LogP contribution in [0.25, 0.3) is 11.0 Å². The second kappa shape index (κ2) is 7.56. The molecule has 0 unspecified atom stereocenters. The van der Waals surface area contributed by atoms with Crippen LogP contribution in [0.15, 0.2) is 47.3 Å². The summed E-state index contributed by atoms with van der Waals surface area (Å²) < 4.78 is 8.03. The maximum atomic E-state index is 13.1. The third-order valence-corrected chi connectivity index (χ3v) is 5.52. The Bertz CT molecular complexity index is 892. The third-order valence-electron chi connectivity index (χ3n) is 5.52. The summed E-state index contributed by atoms with van der Waals surface area (Å²) in [4.78, 5) is 21.7. The highest BCUT2D eigenvalue weighted by Crippen LogP contribution is 2.27. The zero-order valence-corrected chi connectivity index (χ0v) is 16.0. The summed E-state index contributed by atoms with van der Waals surface area (Å²) in [6.45, 7) is 8.72. The van der Waals surface area contributed by atoms with E-state index in [9.17, 15) is 4.79 Å². The predicted molar refractivity (Wildman–Crippen MR) is 105 cm³/mol. The first kappa shape index (κ1) is 17.8. The fourth-order valence-electron chi connectivity index (χ4n) is 3.89. The van der Waals surface area contributed by atoms with Gasteiger partial charge in [-0.15, -0.1) is 0 Å². The molecule has 4 rings (SSSR count). The molecule has 0 fully saturated rings. The monoisotopic (exact) mass is 366 g/mol. The van der Waals surface area contributed by atoms with Gasteiger partial charge in [-0.1, -0.05) is 32.0 Å². The molecule has 1 aliphatic heterocycles. The van der Waals surface area contributed by atoms with Crippen molar-refractivity contribution >= 4 is 16.9 Å². The minimum absolute atomic E-state index is 0.0495. The van der Waals surface area contributed by atoms with Crippen LogP contribution in [0.5, 0.6) is 0 Å². The van der Waals surface area contributed by atoms with Crippen molar-refractivity contribution in [1.29, 1.82) is 0 Å². The minimum atomic E-state index is -0.0495.